The van der Waals surface area contributed by atoms with Gasteiger partial charge in [0.15, 0.2) is 5.69 Å². The third kappa shape index (κ3) is 3.51. The maximum absolute atomic E-state index is 12.1. The van der Waals surface area contributed by atoms with Crippen LogP contribution in [0.25, 0.3) is 5.69 Å². The number of esters is 2. The van der Waals surface area contributed by atoms with Crippen molar-refractivity contribution in [2.24, 2.45) is 5.92 Å². The molecule has 0 bridgehead atoms. The molecular formula is C20H22N4O4. The maximum Gasteiger partial charge on any atom is 0.357 e. The molecular weight excluding hydrogens is 360 g/mol. The minimum Gasteiger partial charge on any atom is -0.469 e. The molecule has 0 spiro atoms. The lowest BCUT2D eigenvalue weighted by atomic mass is 9.96. The number of hydrogen-bond donors (Lipinski definition) is 1. The number of ether oxygens (including phenoxy) is 2. The second-order valence-electron chi connectivity index (χ2n) is 6.58. The second kappa shape index (κ2) is 8.05. The van der Waals surface area contributed by atoms with Gasteiger partial charge >= 0.3 is 11.9 Å². The summed E-state index contributed by atoms with van der Waals surface area (Å²) in [6.07, 6.45) is 3.03. The summed E-state index contributed by atoms with van der Waals surface area (Å²) in [5.41, 5.74) is 8.10. The van der Waals surface area contributed by atoms with Crippen LogP contribution in [0.5, 0.6) is 0 Å². The Morgan fingerprint density at radius 3 is 2.25 bits per heavy atom. The number of benzene rings is 1. The Kier molecular flexibility index (Phi) is 5.54. The molecule has 0 saturated carbocycles. The molecule has 0 unspecified atom stereocenters. The summed E-state index contributed by atoms with van der Waals surface area (Å²) in [6, 6.07) is 9.58. The summed E-state index contributed by atoms with van der Waals surface area (Å²) in [5, 5.41) is 9.22. The number of nitrogens with two attached hydrogens (primary N) is 1. The number of rotatable bonds is 4. The van der Waals surface area contributed by atoms with Gasteiger partial charge in [-0.05, 0) is 37.1 Å². The number of carbonyl (C=O) groups is 2. The van der Waals surface area contributed by atoms with E-state index in [1.165, 1.54) is 20.4 Å². The second-order valence-corrected chi connectivity index (χ2v) is 6.58. The van der Waals surface area contributed by atoms with Crippen LogP contribution in [0.2, 0.25) is 0 Å². The number of piperidine rings is 1. The zero-order chi connectivity index (χ0) is 20.3. The molecule has 0 radical (unpaired) electrons. The number of anilines is 2. The molecule has 1 aromatic heterocycles. The Morgan fingerprint density at radius 1 is 1.11 bits per heavy atom. The molecule has 2 N–H and O–H groups in total. The van der Waals surface area contributed by atoms with Gasteiger partial charge in [0.25, 0.3) is 0 Å². The van der Waals surface area contributed by atoms with Crippen LogP contribution in [-0.2, 0) is 14.3 Å². The average molecular weight is 382 g/mol. The molecule has 1 fully saturated rings. The van der Waals surface area contributed by atoms with Gasteiger partial charge in [0, 0.05) is 30.7 Å². The fraction of sp³-hybridized carbons (Fsp3) is 0.350. The van der Waals surface area contributed by atoms with Crippen molar-refractivity contribution in [2.75, 3.05) is 37.9 Å². The van der Waals surface area contributed by atoms with E-state index in [0.29, 0.717) is 5.69 Å². The zero-order valence-corrected chi connectivity index (χ0v) is 15.8. The lowest BCUT2D eigenvalue weighted by molar-refractivity contribution is -0.146. The van der Waals surface area contributed by atoms with Crippen molar-refractivity contribution in [2.45, 2.75) is 12.8 Å². The number of nitrogens with zero attached hydrogens (tertiary/aromatic N) is 3. The number of carbonyl (C=O) groups excluding carboxylic acids is 2. The van der Waals surface area contributed by atoms with E-state index in [-0.39, 0.29) is 28.8 Å². The molecule has 0 amide bonds. The van der Waals surface area contributed by atoms with Crippen LogP contribution >= 0.6 is 0 Å². The molecule has 8 nitrogen and oxygen atoms in total. The van der Waals surface area contributed by atoms with Gasteiger partial charge in [0.1, 0.15) is 6.07 Å². The van der Waals surface area contributed by atoms with Crippen molar-refractivity contribution in [1.29, 1.82) is 5.26 Å². The van der Waals surface area contributed by atoms with E-state index in [1.54, 1.807) is 4.57 Å². The molecule has 3 rings (SSSR count). The lowest BCUT2D eigenvalue weighted by Crippen LogP contribution is -2.36. The van der Waals surface area contributed by atoms with E-state index in [2.05, 4.69) is 4.90 Å². The highest BCUT2D eigenvalue weighted by atomic mass is 16.5. The number of hydrogen-bond acceptors (Lipinski definition) is 7. The lowest BCUT2D eigenvalue weighted by Gasteiger charge is -2.32. The van der Waals surface area contributed by atoms with Crippen LogP contribution in [0.4, 0.5) is 11.4 Å². The number of aromatic nitrogens is 1. The van der Waals surface area contributed by atoms with Gasteiger partial charge < -0.3 is 24.7 Å². The van der Waals surface area contributed by atoms with Gasteiger partial charge in [-0.3, -0.25) is 4.79 Å². The highest BCUT2D eigenvalue weighted by Crippen LogP contribution is 2.28. The number of methoxy groups -OCH3 is 2. The minimum absolute atomic E-state index is 0.0459. The standard InChI is InChI=1S/C20H22N4O4/c1-27-19(25)13-7-9-23(10-8-13)15-3-5-16(6-4-15)24-12-14(11-21)17(22)18(24)20(26)28-2/h3-6,12-13H,7-10,22H2,1-2H3. The van der Waals surface area contributed by atoms with Gasteiger partial charge in [-0.1, -0.05) is 0 Å². The summed E-state index contributed by atoms with van der Waals surface area (Å²) in [6.45, 7) is 1.53. The molecule has 8 heteroatoms. The van der Waals surface area contributed by atoms with Crippen LogP contribution in [0.1, 0.15) is 28.9 Å². The topological polar surface area (TPSA) is 111 Å². The molecule has 1 aromatic carbocycles. The first-order valence-corrected chi connectivity index (χ1v) is 8.92. The smallest absolute Gasteiger partial charge is 0.357 e. The maximum atomic E-state index is 12.1. The van der Waals surface area contributed by atoms with Gasteiger partial charge in [0.2, 0.25) is 0 Å². The van der Waals surface area contributed by atoms with Crippen molar-refractivity contribution < 1.29 is 19.1 Å². The van der Waals surface area contributed by atoms with E-state index in [1.807, 2.05) is 30.3 Å². The SMILES string of the molecule is COC(=O)c1c(N)c(C#N)cn1-c1ccc(N2CCC(C(=O)OC)CC2)cc1. The van der Waals surface area contributed by atoms with Crippen LogP contribution < -0.4 is 10.6 Å². The Hall–Kier alpha value is -3.47. The molecule has 2 heterocycles. The first-order valence-electron chi connectivity index (χ1n) is 8.92. The normalized spacial score (nSPS) is 14.4. The molecule has 146 valence electrons. The third-order valence-corrected chi connectivity index (χ3v) is 5.07. The molecule has 0 aliphatic carbocycles. The highest BCUT2D eigenvalue weighted by Gasteiger charge is 2.26. The monoisotopic (exact) mass is 382 g/mol. The Balaban J connectivity index is 1.82. The Bertz CT molecular complexity index is 919. The van der Waals surface area contributed by atoms with Crippen LogP contribution in [-0.4, -0.2) is 43.8 Å². The fourth-order valence-electron chi connectivity index (χ4n) is 3.48. The van der Waals surface area contributed by atoms with E-state index < -0.39 is 5.97 Å². The molecule has 28 heavy (non-hydrogen) atoms. The van der Waals surface area contributed by atoms with Crippen LogP contribution in [0.3, 0.4) is 0 Å². The molecule has 1 aliphatic heterocycles. The predicted molar refractivity (Wildman–Crippen MR) is 103 cm³/mol. The summed E-state index contributed by atoms with van der Waals surface area (Å²) in [7, 11) is 2.69. The van der Waals surface area contributed by atoms with Crippen molar-refractivity contribution in [1.82, 2.24) is 4.57 Å². The van der Waals surface area contributed by atoms with Crippen molar-refractivity contribution in [3.05, 3.63) is 41.7 Å². The van der Waals surface area contributed by atoms with Gasteiger partial charge in [-0.15, -0.1) is 0 Å². The van der Waals surface area contributed by atoms with Crippen molar-refractivity contribution in [3.8, 4) is 11.8 Å². The number of nitrogen functional groups attached to an aromatic ring is 1. The molecule has 1 saturated heterocycles. The molecule has 1 aliphatic rings. The van der Waals surface area contributed by atoms with Crippen molar-refractivity contribution in [3.63, 3.8) is 0 Å². The van der Waals surface area contributed by atoms with Gasteiger partial charge in [-0.25, -0.2) is 4.79 Å². The minimum atomic E-state index is -0.604. The first-order chi connectivity index (χ1) is 13.5. The summed E-state index contributed by atoms with van der Waals surface area (Å²) in [5.74, 6) is -0.799. The van der Waals surface area contributed by atoms with Crippen LogP contribution in [0, 0.1) is 17.2 Å². The molecule has 2 aromatic rings. The van der Waals surface area contributed by atoms with Gasteiger partial charge in [-0.2, -0.15) is 5.26 Å². The van der Waals surface area contributed by atoms with E-state index in [0.717, 1.165) is 31.6 Å². The van der Waals surface area contributed by atoms with Crippen molar-refractivity contribution >= 4 is 23.3 Å². The summed E-state index contributed by atoms with van der Waals surface area (Å²) < 4.78 is 11.2. The van der Waals surface area contributed by atoms with Gasteiger partial charge in [0.05, 0.1) is 31.4 Å². The fourth-order valence-corrected chi connectivity index (χ4v) is 3.48. The third-order valence-electron chi connectivity index (χ3n) is 5.07. The number of nitriles is 1. The Labute approximate surface area is 163 Å². The predicted octanol–water partition coefficient (Wildman–Crippen LogP) is 2.11. The summed E-state index contributed by atoms with van der Waals surface area (Å²) in [4.78, 5) is 26.0. The zero-order valence-electron chi connectivity index (χ0n) is 15.8. The average Bonchev–Trinajstić information content (AvgIpc) is 3.09. The van der Waals surface area contributed by atoms with E-state index >= 15 is 0 Å². The van der Waals surface area contributed by atoms with Crippen LogP contribution in [0.15, 0.2) is 30.5 Å². The quantitative estimate of drug-likeness (QED) is 0.806. The largest absolute Gasteiger partial charge is 0.469 e. The van der Waals surface area contributed by atoms with E-state index in [4.69, 9.17) is 15.2 Å². The first kappa shape index (κ1) is 19.3. The Morgan fingerprint density at radius 2 is 1.71 bits per heavy atom. The summed E-state index contributed by atoms with van der Waals surface area (Å²) >= 11 is 0. The highest BCUT2D eigenvalue weighted by molar-refractivity contribution is 5.96. The van der Waals surface area contributed by atoms with E-state index in [9.17, 15) is 14.9 Å². The molecule has 0 atom stereocenters.